The number of benzene rings is 2. The summed E-state index contributed by atoms with van der Waals surface area (Å²) in [5, 5.41) is 6.52. The Morgan fingerprint density at radius 3 is 2.43 bits per heavy atom. The lowest BCUT2D eigenvalue weighted by Gasteiger charge is -2.04. The Balaban J connectivity index is 1.95. The van der Waals surface area contributed by atoms with E-state index in [1.54, 1.807) is 4.52 Å². The van der Waals surface area contributed by atoms with Crippen LogP contribution in [0.1, 0.15) is 0 Å². The fraction of sp³-hybridized carbons (Fsp3) is 0. The summed E-state index contributed by atoms with van der Waals surface area (Å²) in [7, 11) is 0. The summed E-state index contributed by atoms with van der Waals surface area (Å²) >= 11 is 4.81. The first-order valence-electron chi connectivity index (χ1n) is 6.92. The van der Waals surface area contributed by atoms with Crippen LogP contribution < -0.4 is 5.56 Å². The van der Waals surface area contributed by atoms with E-state index in [0.717, 1.165) is 21.3 Å². The van der Waals surface area contributed by atoms with Crippen molar-refractivity contribution in [1.29, 1.82) is 0 Å². The van der Waals surface area contributed by atoms with Crippen LogP contribution in [0.25, 0.3) is 27.5 Å². The van der Waals surface area contributed by atoms with Crippen LogP contribution in [0.3, 0.4) is 0 Å². The molecule has 0 aliphatic heterocycles. The minimum absolute atomic E-state index is 0.311. The molecular weight excluding hydrogens is 374 g/mol. The van der Waals surface area contributed by atoms with Gasteiger partial charge in [0.2, 0.25) is 4.96 Å². The van der Waals surface area contributed by atoms with Gasteiger partial charge in [0.05, 0.1) is 5.69 Å². The van der Waals surface area contributed by atoms with E-state index < -0.39 is 0 Å². The lowest BCUT2D eigenvalue weighted by Crippen LogP contribution is -2.14. The number of rotatable bonds is 2. The fourth-order valence-corrected chi connectivity index (χ4v) is 3.44. The van der Waals surface area contributed by atoms with Crippen molar-refractivity contribution < 1.29 is 0 Å². The summed E-state index contributed by atoms with van der Waals surface area (Å²) in [5.41, 5.74) is 2.76. The van der Waals surface area contributed by atoms with Gasteiger partial charge in [-0.2, -0.15) is 10.1 Å². The van der Waals surface area contributed by atoms with Crippen LogP contribution in [0.5, 0.6) is 0 Å². The zero-order valence-corrected chi connectivity index (χ0v) is 14.2. The minimum atomic E-state index is -0.311. The molecule has 0 bridgehead atoms. The van der Waals surface area contributed by atoms with Gasteiger partial charge in [-0.15, -0.1) is 11.3 Å². The Bertz CT molecular complexity index is 1040. The molecule has 0 saturated heterocycles. The van der Waals surface area contributed by atoms with Crippen molar-refractivity contribution in [3.63, 3.8) is 0 Å². The molecule has 2 aromatic carbocycles. The molecule has 0 aliphatic carbocycles. The van der Waals surface area contributed by atoms with Gasteiger partial charge in [-0.3, -0.25) is 4.79 Å². The highest BCUT2D eigenvalue weighted by atomic mass is 79.9. The predicted octanol–water partition coefficient (Wildman–Crippen LogP) is 4.25. The summed E-state index contributed by atoms with van der Waals surface area (Å²) in [4.78, 5) is 17.0. The first-order chi connectivity index (χ1) is 11.2. The van der Waals surface area contributed by atoms with Gasteiger partial charge in [0.15, 0.2) is 5.69 Å². The third kappa shape index (κ3) is 2.60. The molecule has 112 valence electrons. The smallest absolute Gasteiger partial charge is 0.265 e. The second-order valence-electron chi connectivity index (χ2n) is 4.95. The maximum Gasteiger partial charge on any atom is 0.300 e. The lowest BCUT2D eigenvalue weighted by molar-refractivity contribution is 0.914. The topological polar surface area (TPSA) is 47.3 Å². The lowest BCUT2D eigenvalue weighted by atomic mass is 10.1. The van der Waals surface area contributed by atoms with Crippen molar-refractivity contribution in [3.8, 4) is 22.5 Å². The average molecular weight is 384 g/mol. The Morgan fingerprint density at radius 1 is 0.957 bits per heavy atom. The van der Waals surface area contributed by atoms with Crippen molar-refractivity contribution in [1.82, 2.24) is 14.6 Å². The number of thiazole rings is 1. The molecule has 2 heterocycles. The fourth-order valence-electron chi connectivity index (χ4n) is 2.35. The molecule has 0 atom stereocenters. The largest absolute Gasteiger partial charge is 0.300 e. The molecule has 0 aliphatic rings. The number of halogens is 1. The molecule has 4 rings (SSSR count). The average Bonchev–Trinajstić information content (AvgIpc) is 2.98. The highest BCUT2D eigenvalue weighted by Gasteiger charge is 2.13. The predicted molar refractivity (Wildman–Crippen MR) is 95.7 cm³/mol. The standard InChI is InChI=1S/C17H10BrN3OS/c18-13-8-6-12(7-9-13)15-16(22)19-17-21(20-15)14(10-23-17)11-4-2-1-3-5-11/h1-10H. The van der Waals surface area contributed by atoms with Crippen LogP contribution in [0.2, 0.25) is 0 Å². The van der Waals surface area contributed by atoms with Crippen molar-refractivity contribution in [2.75, 3.05) is 0 Å². The SMILES string of the molecule is O=c1nc2scc(-c3ccccc3)n2nc1-c1ccc(Br)cc1. The summed E-state index contributed by atoms with van der Waals surface area (Å²) in [5.74, 6) is 0. The molecule has 4 aromatic rings. The zero-order chi connectivity index (χ0) is 15.8. The van der Waals surface area contributed by atoms with Crippen LogP contribution in [0.4, 0.5) is 0 Å². The summed E-state index contributed by atoms with van der Waals surface area (Å²) < 4.78 is 2.69. The van der Waals surface area contributed by atoms with Gasteiger partial charge in [0.1, 0.15) is 0 Å². The Kier molecular flexibility index (Phi) is 3.55. The highest BCUT2D eigenvalue weighted by molar-refractivity contribution is 9.10. The molecule has 4 nitrogen and oxygen atoms in total. The van der Waals surface area contributed by atoms with Gasteiger partial charge in [-0.05, 0) is 12.1 Å². The molecule has 0 amide bonds. The number of fused-ring (bicyclic) bond motifs is 1. The quantitative estimate of drug-likeness (QED) is 0.519. The summed E-state index contributed by atoms with van der Waals surface area (Å²) in [6.07, 6.45) is 0. The number of nitrogens with zero attached hydrogens (tertiary/aromatic N) is 3. The van der Waals surface area contributed by atoms with E-state index in [-0.39, 0.29) is 5.56 Å². The molecule has 23 heavy (non-hydrogen) atoms. The summed E-state index contributed by atoms with van der Waals surface area (Å²) in [6, 6.07) is 17.4. The van der Waals surface area contributed by atoms with Gasteiger partial charge in [-0.25, -0.2) is 4.52 Å². The van der Waals surface area contributed by atoms with E-state index in [1.165, 1.54) is 11.3 Å². The number of hydrogen-bond donors (Lipinski definition) is 0. The summed E-state index contributed by atoms with van der Waals surface area (Å²) in [6.45, 7) is 0. The molecule has 0 saturated carbocycles. The van der Waals surface area contributed by atoms with E-state index in [1.807, 2.05) is 60.0 Å². The van der Waals surface area contributed by atoms with E-state index in [4.69, 9.17) is 0 Å². The first-order valence-corrected chi connectivity index (χ1v) is 8.59. The maximum atomic E-state index is 12.3. The van der Waals surface area contributed by atoms with Gasteiger partial charge in [-0.1, -0.05) is 58.4 Å². The van der Waals surface area contributed by atoms with Gasteiger partial charge in [0.25, 0.3) is 0 Å². The minimum Gasteiger partial charge on any atom is -0.265 e. The van der Waals surface area contributed by atoms with Crippen LogP contribution in [-0.4, -0.2) is 14.6 Å². The van der Waals surface area contributed by atoms with Gasteiger partial charge >= 0.3 is 5.56 Å². The molecule has 2 aromatic heterocycles. The van der Waals surface area contributed by atoms with Crippen molar-refractivity contribution >= 4 is 32.2 Å². The Morgan fingerprint density at radius 2 is 1.70 bits per heavy atom. The second kappa shape index (κ2) is 5.72. The normalized spacial score (nSPS) is 11.0. The third-order valence-electron chi connectivity index (χ3n) is 3.47. The molecule has 0 N–H and O–H groups in total. The third-order valence-corrected chi connectivity index (χ3v) is 4.82. The van der Waals surface area contributed by atoms with E-state index >= 15 is 0 Å². The maximum absolute atomic E-state index is 12.3. The number of aromatic nitrogens is 3. The zero-order valence-electron chi connectivity index (χ0n) is 11.8. The van der Waals surface area contributed by atoms with Crippen LogP contribution in [0, 0.1) is 0 Å². The van der Waals surface area contributed by atoms with Crippen molar-refractivity contribution in [3.05, 3.63) is 74.8 Å². The molecule has 0 unspecified atom stereocenters. The molecular formula is C17H10BrN3OS. The second-order valence-corrected chi connectivity index (χ2v) is 6.71. The Labute approximate surface area is 144 Å². The highest BCUT2D eigenvalue weighted by Crippen LogP contribution is 2.25. The monoisotopic (exact) mass is 383 g/mol. The van der Waals surface area contributed by atoms with Gasteiger partial charge < -0.3 is 0 Å². The molecule has 0 spiro atoms. The molecule has 6 heteroatoms. The molecule has 0 fully saturated rings. The molecule has 0 radical (unpaired) electrons. The first kappa shape index (κ1) is 14.3. The number of hydrogen-bond acceptors (Lipinski definition) is 4. The van der Waals surface area contributed by atoms with E-state index in [0.29, 0.717) is 10.7 Å². The van der Waals surface area contributed by atoms with Crippen LogP contribution in [0.15, 0.2) is 69.2 Å². The Hall–Kier alpha value is -2.31. The van der Waals surface area contributed by atoms with Crippen LogP contribution >= 0.6 is 27.3 Å². The van der Waals surface area contributed by atoms with Crippen molar-refractivity contribution in [2.24, 2.45) is 0 Å². The van der Waals surface area contributed by atoms with E-state index in [9.17, 15) is 4.79 Å². The van der Waals surface area contributed by atoms with E-state index in [2.05, 4.69) is 26.0 Å². The van der Waals surface area contributed by atoms with Gasteiger partial charge in [0, 0.05) is 21.0 Å². The van der Waals surface area contributed by atoms with Crippen LogP contribution in [-0.2, 0) is 0 Å². The van der Waals surface area contributed by atoms with Crippen molar-refractivity contribution in [2.45, 2.75) is 0 Å².